The molecule has 30 heavy (non-hydrogen) atoms. The summed E-state index contributed by atoms with van der Waals surface area (Å²) in [4.78, 5) is 0.616. The van der Waals surface area contributed by atoms with Gasteiger partial charge in [0, 0.05) is 11.1 Å². The van der Waals surface area contributed by atoms with Crippen molar-refractivity contribution in [1.82, 2.24) is 19.8 Å². The summed E-state index contributed by atoms with van der Waals surface area (Å²) in [7, 11) is 0. The van der Waals surface area contributed by atoms with Crippen LogP contribution in [0.15, 0.2) is 65.1 Å². The Morgan fingerprint density at radius 3 is 2.47 bits per heavy atom. The Kier molecular flexibility index (Phi) is 4.21. The minimum atomic E-state index is -4.41. The van der Waals surface area contributed by atoms with Gasteiger partial charge in [-0.25, -0.2) is 0 Å². The van der Waals surface area contributed by atoms with Gasteiger partial charge >= 0.3 is 6.18 Å². The summed E-state index contributed by atoms with van der Waals surface area (Å²) in [6.07, 6.45) is -4.41. The van der Waals surface area contributed by atoms with Gasteiger partial charge in [-0.2, -0.15) is 22.8 Å². The first-order valence-electron chi connectivity index (χ1n) is 8.96. The standard InChI is InChI=1S/C21H13F3N4OS/c1-12-16(11-17(29-12)14-8-5-9-15(10-14)21(22,23)24)19-27-28-18(25-26-20(28)30-19)13-6-3-2-4-7-13/h2-11H,1H3. The Morgan fingerprint density at radius 2 is 1.70 bits per heavy atom. The molecule has 3 heterocycles. The van der Waals surface area contributed by atoms with Gasteiger partial charge in [0.1, 0.15) is 11.5 Å². The molecule has 5 nitrogen and oxygen atoms in total. The highest BCUT2D eigenvalue weighted by Gasteiger charge is 2.30. The van der Waals surface area contributed by atoms with Crippen molar-refractivity contribution >= 4 is 16.3 Å². The van der Waals surface area contributed by atoms with E-state index in [2.05, 4.69) is 15.3 Å². The Balaban J connectivity index is 1.56. The Morgan fingerprint density at radius 1 is 0.933 bits per heavy atom. The van der Waals surface area contributed by atoms with Crippen molar-refractivity contribution in [1.29, 1.82) is 0 Å². The topological polar surface area (TPSA) is 56.2 Å². The SMILES string of the molecule is Cc1oc(-c2cccc(C(F)(F)F)c2)cc1-c1nn2c(-c3ccccc3)nnc2s1. The molecule has 0 amide bonds. The highest BCUT2D eigenvalue weighted by molar-refractivity contribution is 7.19. The number of alkyl halides is 3. The number of aryl methyl sites for hydroxylation is 1. The largest absolute Gasteiger partial charge is 0.461 e. The van der Waals surface area contributed by atoms with Gasteiger partial charge in [0.15, 0.2) is 10.8 Å². The molecule has 0 aliphatic rings. The zero-order valence-corrected chi connectivity index (χ0v) is 16.3. The van der Waals surface area contributed by atoms with Gasteiger partial charge in [-0.15, -0.1) is 10.2 Å². The van der Waals surface area contributed by atoms with Gasteiger partial charge in [-0.3, -0.25) is 0 Å². The van der Waals surface area contributed by atoms with Crippen LogP contribution in [-0.4, -0.2) is 19.8 Å². The molecule has 0 saturated carbocycles. The molecule has 0 aliphatic carbocycles. The maximum Gasteiger partial charge on any atom is 0.416 e. The van der Waals surface area contributed by atoms with Crippen LogP contribution in [0.4, 0.5) is 13.2 Å². The molecule has 0 bridgehead atoms. The molecule has 5 aromatic rings. The third kappa shape index (κ3) is 3.17. The monoisotopic (exact) mass is 426 g/mol. The van der Waals surface area contributed by atoms with Crippen molar-refractivity contribution in [2.24, 2.45) is 0 Å². The number of hydrogen-bond donors (Lipinski definition) is 0. The van der Waals surface area contributed by atoms with Crippen LogP contribution in [0.25, 0.3) is 38.2 Å². The van der Waals surface area contributed by atoms with E-state index in [-0.39, 0.29) is 0 Å². The Labute approximate surface area is 172 Å². The predicted octanol–water partition coefficient (Wildman–Crippen LogP) is 6.11. The van der Waals surface area contributed by atoms with Crippen LogP contribution in [-0.2, 0) is 6.18 Å². The molecule has 0 fully saturated rings. The molecule has 0 atom stereocenters. The number of furan rings is 1. The van der Waals surface area contributed by atoms with E-state index in [0.717, 1.165) is 17.7 Å². The van der Waals surface area contributed by atoms with Crippen LogP contribution in [0.5, 0.6) is 0 Å². The van der Waals surface area contributed by atoms with Crippen molar-refractivity contribution in [3.05, 3.63) is 72.0 Å². The van der Waals surface area contributed by atoms with E-state index in [9.17, 15) is 13.2 Å². The maximum absolute atomic E-state index is 13.0. The van der Waals surface area contributed by atoms with Crippen LogP contribution in [0.2, 0.25) is 0 Å². The number of benzene rings is 2. The van der Waals surface area contributed by atoms with E-state index < -0.39 is 11.7 Å². The lowest BCUT2D eigenvalue weighted by atomic mass is 10.1. The predicted molar refractivity (Wildman–Crippen MR) is 107 cm³/mol. The fraction of sp³-hybridized carbons (Fsp3) is 0.0952. The second-order valence-electron chi connectivity index (χ2n) is 6.65. The highest BCUT2D eigenvalue weighted by Crippen LogP contribution is 2.37. The van der Waals surface area contributed by atoms with Crippen LogP contribution in [0.3, 0.4) is 0 Å². The Hall–Kier alpha value is -3.46. The molecule has 0 spiro atoms. The maximum atomic E-state index is 13.0. The molecule has 3 aromatic heterocycles. The normalized spacial score (nSPS) is 12.0. The fourth-order valence-corrected chi connectivity index (χ4v) is 4.08. The van der Waals surface area contributed by atoms with Crippen molar-refractivity contribution in [3.63, 3.8) is 0 Å². The van der Waals surface area contributed by atoms with E-state index in [1.165, 1.54) is 17.4 Å². The molecule has 2 aromatic carbocycles. The highest BCUT2D eigenvalue weighted by atomic mass is 32.1. The first kappa shape index (κ1) is 18.6. The Bertz CT molecular complexity index is 1350. The number of halogens is 3. The molecular formula is C21H13F3N4OS. The zero-order valence-electron chi connectivity index (χ0n) is 15.5. The summed E-state index contributed by atoms with van der Waals surface area (Å²) in [6, 6.07) is 16.3. The summed E-state index contributed by atoms with van der Waals surface area (Å²) in [6.45, 7) is 1.76. The smallest absolute Gasteiger partial charge is 0.416 e. The minimum absolute atomic E-state index is 0.350. The van der Waals surface area contributed by atoms with Crippen molar-refractivity contribution in [3.8, 4) is 33.3 Å². The van der Waals surface area contributed by atoms with Crippen LogP contribution in [0.1, 0.15) is 11.3 Å². The lowest BCUT2D eigenvalue weighted by Crippen LogP contribution is -2.04. The van der Waals surface area contributed by atoms with E-state index in [4.69, 9.17) is 4.42 Å². The van der Waals surface area contributed by atoms with Crippen molar-refractivity contribution < 1.29 is 17.6 Å². The van der Waals surface area contributed by atoms with Crippen molar-refractivity contribution in [2.45, 2.75) is 13.1 Å². The summed E-state index contributed by atoms with van der Waals surface area (Å²) in [5.74, 6) is 1.53. The van der Waals surface area contributed by atoms with Crippen LogP contribution in [0, 0.1) is 6.92 Å². The summed E-state index contributed by atoms with van der Waals surface area (Å²) < 4.78 is 46.5. The van der Waals surface area contributed by atoms with E-state index in [0.29, 0.717) is 38.4 Å². The van der Waals surface area contributed by atoms with Gasteiger partial charge in [0.05, 0.1) is 11.1 Å². The van der Waals surface area contributed by atoms with E-state index in [1.54, 1.807) is 23.6 Å². The average Bonchev–Trinajstić information content (AvgIpc) is 3.42. The van der Waals surface area contributed by atoms with Gasteiger partial charge in [-0.05, 0) is 25.1 Å². The number of fused-ring (bicyclic) bond motifs is 1. The summed E-state index contributed by atoms with van der Waals surface area (Å²) in [5, 5.41) is 13.7. The summed E-state index contributed by atoms with van der Waals surface area (Å²) >= 11 is 1.33. The molecule has 0 saturated heterocycles. The van der Waals surface area contributed by atoms with E-state index >= 15 is 0 Å². The second kappa shape index (κ2) is 6.81. The van der Waals surface area contributed by atoms with Gasteiger partial charge < -0.3 is 4.42 Å². The number of nitrogens with zero attached hydrogens (tertiary/aromatic N) is 4. The fourth-order valence-electron chi connectivity index (χ4n) is 3.18. The molecule has 0 N–H and O–H groups in total. The van der Waals surface area contributed by atoms with Gasteiger partial charge in [0.25, 0.3) is 0 Å². The lowest BCUT2D eigenvalue weighted by Gasteiger charge is -2.07. The number of aromatic nitrogens is 4. The quantitative estimate of drug-likeness (QED) is 0.349. The van der Waals surface area contributed by atoms with Crippen LogP contribution >= 0.6 is 11.3 Å². The summed E-state index contributed by atoms with van der Waals surface area (Å²) in [5.41, 5.74) is 1.22. The van der Waals surface area contributed by atoms with Gasteiger partial charge in [-0.1, -0.05) is 53.8 Å². The lowest BCUT2D eigenvalue weighted by molar-refractivity contribution is -0.137. The average molecular weight is 426 g/mol. The zero-order chi connectivity index (χ0) is 20.9. The molecule has 0 unspecified atom stereocenters. The molecule has 0 radical (unpaired) electrons. The van der Waals surface area contributed by atoms with Gasteiger partial charge in [0.2, 0.25) is 4.96 Å². The number of rotatable bonds is 3. The molecule has 0 aliphatic heterocycles. The third-order valence-corrected chi connectivity index (χ3v) is 5.58. The molecule has 5 rings (SSSR count). The second-order valence-corrected chi connectivity index (χ2v) is 7.61. The van der Waals surface area contributed by atoms with E-state index in [1.807, 2.05) is 30.3 Å². The minimum Gasteiger partial charge on any atom is -0.461 e. The molecule has 9 heteroatoms. The first-order valence-corrected chi connectivity index (χ1v) is 9.78. The number of hydrogen-bond acceptors (Lipinski definition) is 5. The molecular weight excluding hydrogens is 413 g/mol. The third-order valence-electron chi connectivity index (χ3n) is 4.65. The van der Waals surface area contributed by atoms with Crippen molar-refractivity contribution in [2.75, 3.05) is 0 Å². The molecule has 150 valence electrons. The van der Waals surface area contributed by atoms with Crippen LogP contribution < -0.4 is 0 Å². The first-order chi connectivity index (χ1) is 14.4.